The first-order valence-electron chi connectivity index (χ1n) is 19.6. The summed E-state index contributed by atoms with van der Waals surface area (Å²) in [4.78, 5) is 11.0. The third-order valence-electron chi connectivity index (χ3n) is 11.4. The number of nitrogens with zero attached hydrogens (tertiary/aromatic N) is 2. The molecule has 0 atom stereocenters. The average Bonchev–Trinajstić information content (AvgIpc) is 3.52. The maximum absolute atomic E-state index is 5.50. The number of rotatable bonds is 7. The normalized spacial score (nSPS) is 12.5. The molecule has 0 amide bonds. The van der Waals surface area contributed by atoms with E-state index in [1.807, 2.05) is 0 Å². The van der Waals surface area contributed by atoms with Crippen LogP contribution in [0.2, 0.25) is 13.1 Å². The van der Waals surface area contributed by atoms with Crippen LogP contribution in [0.3, 0.4) is 0 Å². The summed E-state index contributed by atoms with van der Waals surface area (Å²) in [6.45, 7) is 4.86. The van der Waals surface area contributed by atoms with Crippen LogP contribution in [0.5, 0.6) is 0 Å². The number of hydrogen-bond donors (Lipinski definition) is 0. The van der Waals surface area contributed by atoms with Crippen molar-refractivity contribution in [2.75, 3.05) is 0 Å². The van der Waals surface area contributed by atoms with Crippen LogP contribution < -0.4 is 10.5 Å². The fourth-order valence-corrected chi connectivity index (χ4v) is 11.4. The number of fused-ring (bicyclic) bond motifs is 3. The zero-order chi connectivity index (χ0) is 38.3. The van der Waals surface area contributed by atoms with Crippen molar-refractivity contribution >= 4 is 18.6 Å². The van der Waals surface area contributed by atoms with Gasteiger partial charge in [-0.3, -0.25) is 0 Å². The van der Waals surface area contributed by atoms with Gasteiger partial charge in [0.2, 0.25) is 0 Å². The Morgan fingerprint density at radius 2 is 0.667 bits per heavy atom. The highest BCUT2D eigenvalue weighted by atomic mass is 28.3. The topological polar surface area (TPSA) is 25.8 Å². The molecule has 1 aliphatic rings. The van der Waals surface area contributed by atoms with E-state index in [2.05, 4.69) is 219 Å². The van der Waals surface area contributed by atoms with Gasteiger partial charge in [-0.2, -0.15) is 0 Å². The molecule has 270 valence electrons. The van der Waals surface area contributed by atoms with Crippen LogP contribution in [0.4, 0.5) is 0 Å². The molecule has 8 aromatic carbocycles. The van der Waals surface area contributed by atoms with Crippen LogP contribution in [-0.2, 0) is 0 Å². The second-order valence-corrected chi connectivity index (χ2v) is 19.7. The molecule has 1 aromatic heterocycles. The van der Waals surface area contributed by atoms with Crippen molar-refractivity contribution in [1.29, 1.82) is 0 Å². The van der Waals surface area contributed by atoms with Crippen molar-refractivity contribution in [3.05, 3.63) is 206 Å². The monoisotopic (exact) mass is 744 g/mol. The third kappa shape index (κ3) is 6.42. The Kier molecular flexibility index (Phi) is 8.66. The highest BCUT2D eigenvalue weighted by Crippen LogP contribution is 2.39. The fraction of sp³-hybridized carbons (Fsp3) is 0.0370. The Balaban J connectivity index is 1.07. The molecule has 1 aliphatic heterocycles. The van der Waals surface area contributed by atoms with Crippen molar-refractivity contribution in [2.24, 2.45) is 0 Å². The maximum atomic E-state index is 5.50. The van der Waals surface area contributed by atoms with Gasteiger partial charge in [-0.05, 0) is 96.7 Å². The lowest BCUT2D eigenvalue weighted by molar-refractivity contribution is 1.21. The van der Waals surface area contributed by atoms with Crippen LogP contribution in [0.25, 0.3) is 89.4 Å². The van der Waals surface area contributed by atoms with Crippen LogP contribution in [0, 0.1) is 0 Å². The van der Waals surface area contributed by atoms with Gasteiger partial charge >= 0.3 is 0 Å². The SMILES string of the molecule is C[Si]1(C)c2ccccc2-c2c(-c3cccc(-c4cccc(-c5ccccc5)c4)c3)nc(-c3cccc(-c4cccc(-c5cccc(-c6ccccc6)c5)c4)c3)nc21. The number of hydrogen-bond acceptors (Lipinski definition) is 2. The van der Waals surface area contributed by atoms with Gasteiger partial charge < -0.3 is 0 Å². The molecule has 0 saturated carbocycles. The average molecular weight is 745 g/mol. The summed E-state index contributed by atoms with van der Waals surface area (Å²) in [7, 11) is -2.14. The molecular formula is C54H40N2Si. The van der Waals surface area contributed by atoms with Gasteiger partial charge in [0, 0.05) is 22.0 Å². The Bertz CT molecular complexity index is 2930. The second-order valence-electron chi connectivity index (χ2n) is 15.4. The highest BCUT2D eigenvalue weighted by Gasteiger charge is 2.41. The summed E-state index contributed by atoms with van der Waals surface area (Å²) in [5.41, 5.74) is 17.4. The first-order chi connectivity index (χ1) is 28.0. The lowest BCUT2D eigenvalue weighted by atomic mass is 9.95. The van der Waals surface area contributed by atoms with E-state index in [0.29, 0.717) is 0 Å². The molecular weight excluding hydrogens is 705 g/mol. The minimum atomic E-state index is -2.14. The van der Waals surface area contributed by atoms with Crippen LogP contribution in [-0.4, -0.2) is 18.0 Å². The summed E-state index contributed by atoms with van der Waals surface area (Å²) < 4.78 is 0. The standard InChI is InChI=1S/C54H40N2Si/c1-57(2)50-31-10-9-30-49(50)51-52(47-28-14-26-45(35-47)42-23-12-21-40(33-42)38-18-7-4-8-19-38)55-53(56-54(51)57)48-29-15-27-46(36-48)44-25-13-24-43(34-44)41-22-11-20-39(32-41)37-16-5-3-6-17-37/h3-36H,1-2H3. The number of benzene rings is 8. The minimum absolute atomic E-state index is 0.766. The van der Waals surface area contributed by atoms with Crippen LogP contribution >= 0.6 is 0 Å². The number of aromatic nitrogens is 2. The van der Waals surface area contributed by atoms with Gasteiger partial charge in [0.1, 0.15) is 8.07 Å². The summed E-state index contributed by atoms with van der Waals surface area (Å²) in [6, 6.07) is 74.2. The van der Waals surface area contributed by atoms with Gasteiger partial charge in [0.15, 0.2) is 5.82 Å². The molecule has 0 N–H and O–H groups in total. The molecule has 0 bridgehead atoms. The lowest BCUT2D eigenvalue weighted by Gasteiger charge is -2.19. The van der Waals surface area contributed by atoms with Gasteiger partial charge in [-0.25, -0.2) is 9.97 Å². The Labute approximate surface area is 335 Å². The van der Waals surface area contributed by atoms with Crippen LogP contribution in [0.1, 0.15) is 0 Å². The van der Waals surface area contributed by atoms with E-state index in [9.17, 15) is 0 Å². The van der Waals surface area contributed by atoms with Crippen molar-refractivity contribution in [2.45, 2.75) is 13.1 Å². The zero-order valence-electron chi connectivity index (χ0n) is 32.0. The summed E-state index contributed by atoms with van der Waals surface area (Å²) in [6.07, 6.45) is 0. The molecule has 0 aliphatic carbocycles. The molecule has 10 rings (SSSR count). The zero-order valence-corrected chi connectivity index (χ0v) is 33.0. The van der Waals surface area contributed by atoms with Crippen molar-refractivity contribution < 1.29 is 0 Å². The van der Waals surface area contributed by atoms with Gasteiger partial charge in [-0.15, -0.1) is 0 Å². The molecule has 9 aromatic rings. The molecule has 2 nitrogen and oxygen atoms in total. The minimum Gasteiger partial charge on any atom is -0.237 e. The summed E-state index contributed by atoms with van der Waals surface area (Å²) >= 11 is 0. The maximum Gasteiger partial charge on any atom is 0.159 e. The van der Waals surface area contributed by atoms with Gasteiger partial charge in [-0.1, -0.05) is 189 Å². The largest absolute Gasteiger partial charge is 0.237 e. The van der Waals surface area contributed by atoms with E-state index in [0.717, 1.165) is 39.3 Å². The van der Waals surface area contributed by atoms with Gasteiger partial charge in [0.25, 0.3) is 0 Å². The Morgan fingerprint density at radius 1 is 0.316 bits per heavy atom. The van der Waals surface area contributed by atoms with E-state index in [-0.39, 0.29) is 0 Å². The van der Waals surface area contributed by atoms with Gasteiger partial charge in [0.05, 0.1) is 5.69 Å². The molecule has 0 unspecified atom stereocenters. The quantitative estimate of drug-likeness (QED) is 0.152. The van der Waals surface area contributed by atoms with Crippen molar-refractivity contribution in [1.82, 2.24) is 9.97 Å². The van der Waals surface area contributed by atoms with E-state index in [4.69, 9.17) is 9.97 Å². The molecule has 57 heavy (non-hydrogen) atoms. The molecule has 0 fully saturated rings. The molecule has 0 saturated heterocycles. The summed E-state index contributed by atoms with van der Waals surface area (Å²) in [5, 5.41) is 2.62. The Morgan fingerprint density at radius 3 is 1.16 bits per heavy atom. The third-order valence-corrected chi connectivity index (χ3v) is 14.8. The van der Waals surface area contributed by atoms with E-state index >= 15 is 0 Å². The smallest absolute Gasteiger partial charge is 0.159 e. The predicted molar refractivity (Wildman–Crippen MR) is 242 cm³/mol. The Hall–Kier alpha value is -6.94. The van der Waals surface area contributed by atoms with Crippen molar-refractivity contribution in [3.63, 3.8) is 0 Å². The first kappa shape index (κ1) is 34.5. The van der Waals surface area contributed by atoms with Crippen LogP contribution in [0.15, 0.2) is 206 Å². The molecule has 0 spiro atoms. The van der Waals surface area contributed by atoms with E-state index < -0.39 is 8.07 Å². The van der Waals surface area contributed by atoms with E-state index in [1.54, 1.807) is 0 Å². The lowest BCUT2D eigenvalue weighted by Crippen LogP contribution is -2.50. The first-order valence-corrected chi connectivity index (χ1v) is 22.6. The molecule has 0 radical (unpaired) electrons. The van der Waals surface area contributed by atoms with E-state index in [1.165, 1.54) is 60.6 Å². The molecule has 2 heterocycles. The predicted octanol–water partition coefficient (Wildman–Crippen LogP) is 12.9. The molecule has 3 heteroatoms. The highest BCUT2D eigenvalue weighted by molar-refractivity contribution is 7.03. The second kappa shape index (κ2) is 14.3. The summed E-state index contributed by atoms with van der Waals surface area (Å²) in [5.74, 6) is 0.766. The van der Waals surface area contributed by atoms with Crippen molar-refractivity contribution in [3.8, 4) is 89.4 Å². The fourth-order valence-electron chi connectivity index (χ4n) is 8.46.